The van der Waals surface area contributed by atoms with Gasteiger partial charge in [0.1, 0.15) is 10.1 Å². The number of carbonyl (C=O) groups is 2. The third kappa shape index (κ3) is 5.86. The first-order valence-corrected chi connectivity index (χ1v) is 9.43. The molecular weight excluding hydrogens is 358 g/mol. The summed E-state index contributed by atoms with van der Waals surface area (Å²) in [6.45, 7) is 3.11. The van der Waals surface area contributed by atoms with Crippen molar-refractivity contribution in [3.8, 4) is 5.75 Å². The number of benzene rings is 1. The van der Waals surface area contributed by atoms with Crippen LogP contribution in [0.15, 0.2) is 29.2 Å². The van der Waals surface area contributed by atoms with E-state index >= 15 is 0 Å². The maximum absolute atomic E-state index is 12.5. The molecule has 1 heterocycles. The Hall–Kier alpha value is -1.86. The van der Waals surface area contributed by atoms with E-state index in [1.54, 1.807) is 6.08 Å². The zero-order chi connectivity index (χ0) is 18.2. The molecule has 1 amide bonds. The second-order valence-corrected chi connectivity index (χ2v) is 7.28. The maximum atomic E-state index is 12.5. The summed E-state index contributed by atoms with van der Waals surface area (Å²) in [5.41, 5.74) is 0.875. The van der Waals surface area contributed by atoms with E-state index in [1.807, 2.05) is 24.3 Å². The van der Waals surface area contributed by atoms with Crippen molar-refractivity contribution in [3.05, 3.63) is 34.7 Å². The topological polar surface area (TPSA) is 66.8 Å². The smallest absolute Gasteiger partial charge is 0.303 e. The summed E-state index contributed by atoms with van der Waals surface area (Å²) in [6, 6.07) is 7.58. The summed E-state index contributed by atoms with van der Waals surface area (Å²) in [6.07, 6.45) is 4.27. The van der Waals surface area contributed by atoms with Crippen molar-refractivity contribution < 1.29 is 19.4 Å². The number of carboxylic acid groups (broad SMARTS) is 1. The molecule has 1 N–H and O–H groups in total. The van der Waals surface area contributed by atoms with Gasteiger partial charge in [0.15, 0.2) is 0 Å². The predicted molar refractivity (Wildman–Crippen MR) is 104 cm³/mol. The maximum Gasteiger partial charge on any atom is 0.303 e. The minimum atomic E-state index is -0.874. The number of thiocarbonyl (C=S) groups is 1. The standard InChI is InChI=1S/C18H21NO4S2/c1-2-3-10-23-14-7-4-6-13(11-14)12-15-17(22)19(18(24)25-15)9-5-8-16(20)21/h4,6-7,11-12H,2-3,5,8-10H2,1H3,(H,20,21)/b15-12-. The number of rotatable bonds is 9. The van der Waals surface area contributed by atoms with E-state index in [1.165, 1.54) is 16.7 Å². The van der Waals surface area contributed by atoms with Crippen molar-refractivity contribution in [1.29, 1.82) is 0 Å². The third-order valence-electron chi connectivity index (χ3n) is 3.57. The molecule has 0 bridgehead atoms. The zero-order valence-electron chi connectivity index (χ0n) is 14.1. The molecule has 0 unspecified atom stereocenters. The highest BCUT2D eigenvalue weighted by Crippen LogP contribution is 2.33. The molecule has 0 spiro atoms. The average molecular weight is 380 g/mol. The number of amides is 1. The lowest BCUT2D eigenvalue weighted by Crippen LogP contribution is -2.29. The van der Waals surface area contributed by atoms with Crippen molar-refractivity contribution in [2.24, 2.45) is 0 Å². The van der Waals surface area contributed by atoms with Gasteiger partial charge in [0.2, 0.25) is 0 Å². The van der Waals surface area contributed by atoms with Crippen LogP contribution in [0.25, 0.3) is 6.08 Å². The molecule has 1 fully saturated rings. The van der Waals surface area contributed by atoms with Crippen LogP contribution in [-0.4, -0.2) is 39.4 Å². The predicted octanol–water partition coefficient (Wildman–Crippen LogP) is 3.93. The van der Waals surface area contributed by atoms with Crippen molar-refractivity contribution in [2.75, 3.05) is 13.2 Å². The molecule has 1 aromatic carbocycles. The first-order chi connectivity index (χ1) is 12.0. The van der Waals surface area contributed by atoms with E-state index in [4.69, 9.17) is 22.1 Å². The lowest BCUT2D eigenvalue weighted by Gasteiger charge is -2.13. The van der Waals surface area contributed by atoms with Crippen molar-refractivity contribution in [2.45, 2.75) is 32.6 Å². The van der Waals surface area contributed by atoms with Crippen molar-refractivity contribution in [1.82, 2.24) is 4.90 Å². The van der Waals surface area contributed by atoms with E-state index in [0.717, 1.165) is 24.2 Å². The first-order valence-electron chi connectivity index (χ1n) is 8.21. The summed E-state index contributed by atoms with van der Waals surface area (Å²) in [4.78, 5) is 25.1. The largest absolute Gasteiger partial charge is 0.494 e. The molecular formula is C18H21NO4S2. The van der Waals surface area contributed by atoms with Gasteiger partial charge in [-0.05, 0) is 36.6 Å². The lowest BCUT2D eigenvalue weighted by molar-refractivity contribution is -0.137. The highest BCUT2D eigenvalue weighted by Gasteiger charge is 2.31. The second-order valence-electron chi connectivity index (χ2n) is 5.61. The summed E-state index contributed by atoms with van der Waals surface area (Å²) in [5.74, 6) is -0.266. The molecule has 0 radical (unpaired) electrons. The quantitative estimate of drug-likeness (QED) is 0.398. The molecule has 7 heteroatoms. The molecule has 0 saturated carbocycles. The normalized spacial score (nSPS) is 15.9. The minimum Gasteiger partial charge on any atom is -0.494 e. The molecule has 0 aliphatic carbocycles. The summed E-state index contributed by atoms with van der Waals surface area (Å²) in [7, 11) is 0. The Labute approximate surface area is 157 Å². The number of ether oxygens (including phenoxy) is 1. The second kappa shape index (κ2) is 9.58. The number of carboxylic acids is 1. The van der Waals surface area contributed by atoms with E-state index < -0.39 is 5.97 Å². The first kappa shape index (κ1) is 19.5. The van der Waals surface area contributed by atoms with Gasteiger partial charge in [-0.25, -0.2) is 0 Å². The monoisotopic (exact) mass is 379 g/mol. The van der Waals surface area contributed by atoms with Crippen molar-refractivity contribution in [3.63, 3.8) is 0 Å². The molecule has 0 atom stereocenters. The van der Waals surface area contributed by atoms with E-state index in [9.17, 15) is 9.59 Å². The fourth-order valence-electron chi connectivity index (χ4n) is 2.26. The van der Waals surface area contributed by atoms with Gasteiger partial charge in [0, 0.05) is 13.0 Å². The molecule has 1 aromatic rings. The van der Waals surface area contributed by atoms with Gasteiger partial charge < -0.3 is 9.84 Å². The molecule has 2 rings (SSSR count). The van der Waals surface area contributed by atoms with Crippen LogP contribution >= 0.6 is 24.0 Å². The molecule has 134 valence electrons. The van der Waals surface area contributed by atoms with Gasteiger partial charge in [-0.1, -0.05) is 49.5 Å². The number of hydrogen-bond donors (Lipinski definition) is 1. The molecule has 1 aliphatic heterocycles. The van der Waals surface area contributed by atoms with Gasteiger partial charge in [-0.3, -0.25) is 14.5 Å². The Bertz CT molecular complexity index is 687. The lowest BCUT2D eigenvalue weighted by atomic mass is 10.2. The van der Waals surface area contributed by atoms with Gasteiger partial charge in [-0.15, -0.1) is 0 Å². The summed E-state index contributed by atoms with van der Waals surface area (Å²) < 4.78 is 6.15. The van der Waals surface area contributed by atoms with Crippen LogP contribution in [0.2, 0.25) is 0 Å². The Kier molecular flexibility index (Phi) is 7.46. The van der Waals surface area contributed by atoms with Crippen molar-refractivity contribution >= 4 is 46.3 Å². The Balaban J connectivity index is 2.03. The Morgan fingerprint density at radius 3 is 2.92 bits per heavy atom. The Morgan fingerprint density at radius 2 is 2.20 bits per heavy atom. The van der Waals surface area contributed by atoms with Gasteiger partial charge in [0.25, 0.3) is 5.91 Å². The van der Waals surface area contributed by atoms with Gasteiger partial charge in [0.05, 0.1) is 11.5 Å². The van der Waals surface area contributed by atoms with Gasteiger partial charge in [-0.2, -0.15) is 0 Å². The summed E-state index contributed by atoms with van der Waals surface area (Å²) >= 11 is 6.48. The number of thioether (sulfide) groups is 1. The van der Waals surface area contributed by atoms with E-state index in [2.05, 4.69) is 6.92 Å². The SMILES string of the molecule is CCCCOc1cccc(/C=C2\SC(=S)N(CCCC(=O)O)C2=O)c1. The van der Waals surface area contributed by atoms with Gasteiger partial charge >= 0.3 is 5.97 Å². The van der Waals surface area contributed by atoms with Crippen LogP contribution in [0.5, 0.6) is 5.75 Å². The highest BCUT2D eigenvalue weighted by molar-refractivity contribution is 8.26. The van der Waals surface area contributed by atoms with Crippen LogP contribution in [0.1, 0.15) is 38.2 Å². The van der Waals surface area contributed by atoms with Crippen LogP contribution < -0.4 is 4.74 Å². The van der Waals surface area contributed by atoms with Crippen LogP contribution in [0.4, 0.5) is 0 Å². The van der Waals surface area contributed by atoms with Crippen LogP contribution in [-0.2, 0) is 9.59 Å². The number of unbranched alkanes of at least 4 members (excludes halogenated alkanes) is 1. The molecule has 5 nitrogen and oxygen atoms in total. The molecule has 1 saturated heterocycles. The fraction of sp³-hybridized carbons (Fsp3) is 0.389. The average Bonchev–Trinajstić information content (AvgIpc) is 2.82. The molecule has 1 aliphatic rings. The van der Waals surface area contributed by atoms with Crippen LogP contribution in [0.3, 0.4) is 0 Å². The Morgan fingerprint density at radius 1 is 1.40 bits per heavy atom. The number of aliphatic carboxylic acids is 1. The number of nitrogens with zero attached hydrogens (tertiary/aromatic N) is 1. The number of hydrogen-bond acceptors (Lipinski definition) is 5. The van der Waals surface area contributed by atoms with E-state index in [-0.39, 0.29) is 12.3 Å². The number of carbonyl (C=O) groups excluding carboxylic acids is 1. The highest BCUT2D eigenvalue weighted by atomic mass is 32.2. The fourth-order valence-corrected chi connectivity index (χ4v) is 3.57. The molecule has 0 aromatic heterocycles. The third-order valence-corrected chi connectivity index (χ3v) is 4.95. The zero-order valence-corrected chi connectivity index (χ0v) is 15.7. The minimum absolute atomic E-state index is 0.0211. The van der Waals surface area contributed by atoms with Crippen LogP contribution in [0, 0.1) is 0 Å². The van der Waals surface area contributed by atoms with E-state index in [0.29, 0.717) is 28.8 Å². The summed E-state index contributed by atoms with van der Waals surface area (Å²) in [5, 5.41) is 8.70. The molecule has 25 heavy (non-hydrogen) atoms.